The average molecular weight is 223 g/mol. The molecule has 1 amide bonds. The van der Waals surface area contributed by atoms with Gasteiger partial charge in [-0.3, -0.25) is 4.79 Å². The van der Waals surface area contributed by atoms with Crippen molar-refractivity contribution in [1.29, 1.82) is 0 Å². The van der Waals surface area contributed by atoms with Gasteiger partial charge in [0.15, 0.2) is 0 Å². The minimum Gasteiger partial charge on any atom is -0.337 e. The number of nitrogens with zero attached hydrogens (tertiary/aromatic N) is 1. The fourth-order valence-corrected chi connectivity index (χ4v) is 3.08. The van der Waals surface area contributed by atoms with Crippen molar-refractivity contribution in [2.75, 3.05) is 13.1 Å². The van der Waals surface area contributed by atoms with Gasteiger partial charge in [-0.1, -0.05) is 19.9 Å². The standard InChI is InChI=1S/C12H17NOS/c1-9-6-10(2)8-13(7-9)12(14)11-4-3-5-15-11/h3-5,9-10H,6-8H2,1-2H3. The van der Waals surface area contributed by atoms with Crippen LogP contribution in [0.25, 0.3) is 0 Å². The summed E-state index contributed by atoms with van der Waals surface area (Å²) in [6.07, 6.45) is 1.24. The number of piperidine rings is 1. The van der Waals surface area contributed by atoms with Crippen molar-refractivity contribution in [3.05, 3.63) is 22.4 Å². The van der Waals surface area contributed by atoms with E-state index in [1.165, 1.54) is 17.8 Å². The molecule has 0 aliphatic carbocycles. The molecule has 0 saturated carbocycles. The van der Waals surface area contributed by atoms with E-state index in [4.69, 9.17) is 0 Å². The van der Waals surface area contributed by atoms with Gasteiger partial charge >= 0.3 is 0 Å². The Bertz CT molecular complexity index is 323. The zero-order valence-corrected chi connectivity index (χ0v) is 10.1. The van der Waals surface area contributed by atoms with E-state index in [2.05, 4.69) is 13.8 Å². The van der Waals surface area contributed by atoms with Crippen molar-refractivity contribution >= 4 is 17.2 Å². The summed E-state index contributed by atoms with van der Waals surface area (Å²) in [6.45, 7) is 6.29. The number of rotatable bonds is 1. The van der Waals surface area contributed by atoms with Gasteiger partial charge in [-0.2, -0.15) is 0 Å². The molecule has 2 nitrogen and oxygen atoms in total. The molecule has 2 unspecified atom stereocenters. The van der Waals surface area contributed by atoms with Gasteiger partial charge in [-0.25, -0.2) is 0 Å². The Kier molecular flexibility index (Phi) is 3.10. The van der Waals surface area contributed by atoms with Gasteiger partial charge in [-0.05, 0) is 29.7 Å². The number of hydrogen-bond donors (Lipinski definition) is 0. The Morgan fingerprint density at radius 3 is 2.60 bits per heavy atom. The molecule has 0 bridgehead atoms. The molecule has 1 aromatic heterocycles. The highest BCUT2D eigenvalue weighted by Crippen LogP contribution is 2.23. The molecule has 2 rings (SSSR count). The van der Waals surface area contributed by atoms with Gasteiger partial charge < -0.3 is 4.90 Å². The lowest BCUT2D eigenvalue weighted by atomic mass is 9.92. The highest BCUT2D eigenvalue weighted by molar-refractivity contribution is 7.12. The van der Waals surface area contributed by atoms with Crippen LogP contribution in [0.5, 0.6) is 0 Å². The molecule has 1 aliphatic heterocycles. The van der Waals surface area contributed by atoms with E-state index in [9.17, 15) is 4.79 Å². The van der Waals surface area contributed by atoms with Crippen LogP contribution in [-0.2, 0) is 0 Å². The molecule has 2 atom stereocenters. The monoisotopic (exact) mass is 223 g/mol. The summed E-state index contributed by atoms with van der Waals surface area (Å²) < 4.78 is 0. The third-order valence-electron chi connectivity index (χ3n) is 2.89. The van der Waals surface area contributed by atoms with Crippen molar-refractivity contribution in [1.82, 2.24) is 4.90 Å². The first-order chi connectivity index (χ1) is 7.16. The van der Waals surface area contributed by atoms with E-state index in [0.29, 0.717) is 11.8 Å². The molecule has 82 valence electrons. The van der Waals surface area contributed by atoms with Crippen LogP contribution in [0, 0.1) is 11.8 Å². The summed E-state index contributed by atoms with van der Waals surface area (Å²) in [5.74, 6) is 1.48. The molecule has 0 aromatic carbocycles. The lowest BCUT2D eigenvalue weighted by Gasteiger charge is -2.34. The van der Waals surface area contributed by atoms with Crippen LogP contribution in [0.2, 0.25) is 0 Å². The Morgan fingerprint density at radius 2 is 2.07 bits per heavy atom. The number of carbonyl (C=O) groups is 1. The second kappa shape index (κ2) is 4.35. The summed E-state index contributed by atoms with van der Waals surface area (Å²) in [5, 5.41) is 1.96. The normalized spacial score (nSPS) is 26.7. The smallest absolute Gasteiger partial charge is 0.263 e. The summed E-state index contributed by atoms with van der Waals surface area (Å²) in [7, 11) is 0. The lowest BCUT2D eigenvalue weighted by Crippen LogP contribution is -2.42. The first-order valence-corrected chi connectivity index (χ1v) is 6.37. The summed E-state index contributed by atoms with van der Waals surface area (Å²) in [6, 6.07) is 3.85. The summed E-state index contributed by atoms with van der Waals surface area (Å²) in [5.41, 5.74) is 0. The predicted molar refractivity (Wildman–Crippen MR) is 63.2 cm³/mol. The second-order valence-electron chi connectivity index (χ2n) is 4.63. The Labute approximate surface area is 94.9 Å². The maximum Gasteiger partial charge on any atom is 0.263 e. The SMILES string of the molecule is CC1CC(C)CN(C(=O)c2cccs2)C1. The maximum absolute atomic E-state index is 12.1. The summed E-state index contributed by atoms with van der Waals surface area (Å²) in [4.78, 5) is 15.0. The van der Waals surface area contributed by atoms with Gasteiger partial charge in [0, 0.05) is 13.1 Å². The van der Waals surface area contributed by atoms with Crippen molar-refractivity contribution in [3.63, 3.8) is 0 Å². The molecule has 1 aromatic rings. The van der Waals surface area contributed by atoms with Gasteiger partial charge in [-0.15, -0.1) is 11.3 Å². The highest BCUT2D eigenvalue weighted by atomic mass is 32.1. The third-order valence-corrected chi connectivity index (χ3v) is 3.75. The second-order valence-corrected chi connectivity index (χ2v) is 5.58. The van der Waals surface area contributed by atoms with Crippen molar-refractivity contribution in [2.24, 2.45) is 11.8 Å². The number of hydrogen-bond acceptors (Lipinski definition) is 2. The molecule has 1 saturated heterocycles. The summed E-state index contributed by atoms with van der Waals surface area (Å²) >= 11 is 1.54. The van der Waals surface area contributed by atoms with Crippen LogP contribution in [-0.4, -0.2) is 23.9 Å². The van der Waals surface area contributed by atoms with Crippen LogP contribution >= 0.6 is 11.3 Å². The van der Waals surface area contributed by atoms with E-state index < -0.39 is 0 Å². The van der Waals surface area contributed by atoms with Crippen LogP contribution in [0.3, 0.4) is 0 Å². The molecule has 2 heterocycles. The molecular formula is C12H17NOS. The molecule has 1 fully saturated rings. The van der Waals surface area contributed by atoms with E-state index in [-0.39, 0.29) is 5.91 Å². The molecular weight excluding hydrogens is 206 g/mol. The minimum absolute atomic E-state index is 0.211. The zero-order valence-electron chi connectivity index (χ0n) is 9.27. The van der Waals surface area contributed by atoms with Crippen molar-refractivity contribution < 1.29 is 4.79 Å². The maximum atomic E-state index is 12.1. The average Bonchev–Trinajstić information content (AvgIpc) is 2.67. The van der Waals surface area contributed by atoms with Crippen molar-refractivity contribution in [2.45, 2.75) is 20.3 Å². The van der Waals surface area contributed by atoms with E-state index in [1.54, 1.807) is 0 Å². The largest absolute Gasteiger partial charge is 0.337 e. The zero-order chi connectivity index (χ0) is 10.8. The molecule has 1 aliphatic rings. The third kappa shape index (κ3) is 2.40. The van der Waals surface area contributed by atoms with Crippen molar-refractivity contribution in [3.8, 4) is 0 Å². The number of likely N-dealkylation sites (tertiary alicyclic amines) is 1. The van der Waals surface area contributed by atoms with Crippen LogP contribution < -0.4 is 0 Å². The number of amides is 1. The van der Waals surface area contributed by atoms with Crippen LogP contribution in [0.4, 0.5) is 0 Å². The van der Waals surface area contributed by atoms with Gasteiger partial charge in [0.25, 0.3) is 5.91 Å². The molecule has 15 heavy (non-hydrogen) atoms. The fraction of sp³-hybridized carbons (Fsp3) is 0.583. The first-order valence-electron chi connectivity index (χ1n) is 5.49. The Morgan fingerprint density at radius 1 is 1.40 bits per heavy atom. The number of carbonyl (C=O) groups excluding carboxylic acids is 1. The Balaban J connectivity index is 2.07. The quantitative estimate of drug-likeness (QED) is 0.717. The molecule has 0 spiro atoms. The first kappa shape index (κ1) is 10.7. The van der Waals surface area contributed by atoms with Crippen LogP contribution in [0.1, 0.15) is 29.9 Å². The molecule has 0 N–H and O–H groups in total. The molecule has 3 heteroatoms. The lowest BCUT2D eigenvalue weighted by molar-refractivity contribution is 0.0628. The van der Waals surface area contributed by atoms with E-state index >= 15 is 0 Å². The van der Waals surface area contributed by atoms with Gasteiger partial charge in [0.05, 0.1) is 4.88 Å². The van der Waals surface area contributed by atoms with E-state index in [1.807, 2.05) is 22.4 Å². The minimum atomic E-state index is 0.211. The van der Waals surface area contributed by atoms with Crippen LogP contribution in [0.15, 0.2) is 17.5 Å². The number of thiophene rings is 1. The molecule has 0 radical (unpaired) electrons. The topological polar surface area (TPSA) is 20.3 Å². The van der Waals surface area contributed by atoms with Gasteiger partial charge in [0.1, 0.15) is 0 Å². The fourth-order valence-electron chi connectivity index (χ4n) is 2.38. The van der Waals surface area contributed by atoms with Gasteiger partial charge in [0.2, 0.25) is 0 Å². The Hall–Kier alpha value is -0.830. The van der Waals surface area contributed by atoms with E-state index in [0.717, 1.165) is 18.0 Å². The highest BCUT2D eigenvalue weighted by Gasteiger charge is 2.26. The predicted octanol–water partition coefficient (Wildman–Crippen LogP) is 2.87.